The largest absolute Gasteiger partial charge is 0.479 e. The van der Waals surface area contributed by atoms with Crippen LogP contribution in [0.1, 0.15) is 81.7 Å². The number of methoxy groups -OCH3 is 2. The smallest absolute Gasteiger partial charge is 0.459 e. The molecule has 2 saturated heterocycles. The zero-order chi connectivity index (χ0) is 67.9. The van der Waals surface area contributed by atoms with Crippen LogP contribution in [0.2, 0.25) is 0 Å². The van der Waals surface area contributed by atoms with Gasteiger partial charge < -0.3 is 79.4 Å². The van der Waals surface area contributed by atoms with E-state index in [-0.39, 0.29) is 119 Å². The second-order valence-corrected chi connectivity index (χ2v) is 26.6. The van der Waals surface area contributed by atoms with E-state index in [1.807, 2.05) is 41.5 Å². The van der Waals surface area contributed by atoms with Crippen LogP contribution < -0.4 is 40.2 Å². The SMILES string of the molecule is COc1nc(N)nc2c1ncn2[C@@H]1O[C@H](CO)[C@@H](O)[C@@]1(C)O.COc1nc(N)nc2c1ncn2[C@@H]1O[C@H](COP(=O)(N[C@@H](C)C(=O)OCC(C)(C)C)Oc2ccc([N+](=O)[O-])cc2)[C@@H](O)[C@@]1(C)O.C[C@H](NP(=O)(O)Oc1ccc([N+](=O)[O-])cc1)C(=O)OCC(C)(C)C.[Ar]. The Morgan fingerprint density at radius 3 is 1.45 bits per heavy atom. The summed E-state index contributed by atoms with van der Waals surface area (Å²) in [6, 6.07) is 7.04. The first kappa shape index (κ1) is 76.1. The first-order chi connectivity index (χ1) is 42.2. The molecule has 0 saturated carbocycles. The van der Waals surface area contributed by atoms with E-state index < -0.39 is 111 Å². The molecule has 6 aromatic rings. The van der Waals surface area contributed by atoms with Crippen LogP contribution in [0.3, 0.4) is 0 Å². The number of esters is 2. The summed E-state index contributed by atoms with van der Waals surface area (Å²) in [6.45, 7) is 15.9. The molecule has 0 radical (unpaired) electrons. The fraction of sp³-hybridized carbons (Fsp3) is 0.538. The summed E-state index contributed by atoms with van der Waals surface area (Å²) in [4.78, 5) is 79.1. The average molecular weight is 1370 g/mol. The van der Waals surface area contributed by atoms with Crippen molar-refractivity contribution >= 4 is 73.0 Å². The molecule has 2 unspecified atom stereocenters. The van der Waals surface area contributed by atoms with Crippen molar-refractivity contribution in [3.05, 3.63) is 81.4 Å². The predicted octanol–water partition coefficient (Wildman–Crippen LogP) is 3.17. The van der Waals surface area contributed by atoms with Gasteiger partial charge in [0.15, 0.2) is 34.8 Å². The minimum absolute atomic E-state index is 0. The van der Waals surface area contributed by atoms with Crippen molar-refractivity contribution in [2.24, 2.45) is 10.8 Å². The van der Waals surface area contributed by atoms with Gasteiger partial charge in [-0.25, -0.2) is 19.1 Å². The minimum atomic E-state index is -4.48. The normalized spacial score (nSPS) is 23.2. The molecule has 6 heterocycles. The second-order valence-electron chi connectivity index (χ2n) is 23.4. The number of hydrogen-bond acceptors (Lipinski definition) is 30. The van der Waals surface area contributed by atoms with Gasteiger partial charge in [0, 0.05) is 62.0 Å². The molecular formula is C52H74ArN14O23P2. The van der Waals surface area contributed by atoms with Gasteiger partial charge in [0.1, 0.15) is 59.2 Å². The number of aromatic nitrogens is 8. The van der Waals surface area contributed by atoms with Gasteiger partial charge in [0.05, 0.1) is 63.1 Å². The van der Waals surface area contributed by atoms with Crippen molar-refractivity contribution in [3.8, 4) is 23.3 Å². The maximum Gasteiger partial charge on any atom is 0.459 e. The number of ether oxygens (including phenoxy) is 6. The summed E-state index contributed by atoms with van der Waals surface area (Å²) in [6.07, 6.45) is -4.66. The fourth-order valence-electron chi connectivity index (χ4n) is 8.45. The van der Waals surface area contributed by atoms with Crippen LogP contribution in [0.15, 0.2) is 61.2 Å². The third-order valence-corrected chi connectivity index (χ3v) is 15.9. The molecule has 12 N–H and O–H groups in total. The molecule has 0 bridgehead atoms. The Morgan fingerprint density at radius 2 is 1.08 bits per heavy atom. The van der Waals surface area contributed by atoms with E-state index in [1.54, 1.807) is 0 Å². The summed E-state index contributed by atoms with van der Waals surface area (Å²) in [5.41, 5.74) is 7.87. The number of rotatable bonds is 22. The van der Waals surface area contributed by atoms with Crippen LogP contribution in [0.25, 0.3) is 22.3 Å². The third kappa shape index (κ3) is 19.3. The molecule has 92 heavy (non-hydrogen) atoms. The van der Waals surface area contributed by atoms with Crippen molar-refractivity contribution in [1.82, 2.24) is 49.2 Å². The van der Waals surface area contributed by atoms with Gasteiger partial charge in [-0.05, 0) is 62.8 Å². The van der Waals surface area contributed by atoms with E-state index in [4.69, 9.17) is 53.5 Å². The number of carbonyl (C=O) groups excluding carboxylic acids is 2. The van der Waals surface area contributed by atoms with Crippen molar-refractivity contribution < 1.29 is 139 Å². The van der Waals surface area contributed by atoms with Gasteiger partial charge in [-0.1, -0.05) is 41.5 Å². The number of hydrogen-bond donors (Lipinski definition) is 10. The number of nitrogens with zero attached hydrogens (tertiary/aromatic N) is 10. The number of anilines is 2. The Kier molecular flexibility index (Phi) is 25.3. The molecule has 508 valence electrons. The number of nitro groups is 2. The average Bonchev–Trinajstić information content (AvgIpc) is 1.60. The van der Waals surface area contributed by atoms with Crippen LogP contribution in [0, 0.1) is 68.8 Å². The van der Waals surface area contributed by atoms with E-state index in [0.29, 0.717) is 11.2 Å². The first-order valence-corrected chi connectivity index (χ1v) is 30.5. The number of aliphatic hydroxyl groups is 5. The van der Waals surface area contributed by atoms with Crippen LogP contribution in [-0.2, 0) is 42.2 Å². The number of imidazole rings is 2. The van der Waals surface area contributed by atoms with Gasteiger partial charge in [-0.2, -0.15) is 30.1 Å². The third-order valence-electron chi connectivity index (χ3n) is 13.1. The second kappa shape index (κ2) is 30.6. The van der Waals surface area contributed by atoms with Gasteiger partial charge in [-0.3, -0.25) is 43.5 Å². The number of carbonyl (C=O) groups is 2. The number of nitrogens with two attached hydrogens (primary N) is 2. The van der Waals surface area contributed by atoms with Crippen molar-refractivity contribution in [2.75, 3.05) is 52.1 Å². The summed E-state index contributed by atoms with van der Waals surface area (Å²) in [7, 11) is -6.03. The number of aliphatic hydroxyl groups excluding tert-OH is 3. The Morgan fingerprint density at radius 1 is 0.696 bits per heavy atom. The van der Waals surface area contributed by atoms with Crippen LogP contribution >= 0.6 is 15.5 Å². The maximum absolute atomic E-state index is 14.0. The van der Waals surface area contributed by atoms with Gasteiger partial charge in [0.25, 0.3) is 11.4 Å². The first-order valence-electron chi connectivity index (χ1n) is 27.4. The fourth-order valence-corrected chi connectivity index (χ4v) is 11.0. The number of benzene rings is 2. The van der Waals surface area contributed by atoms with Crippen LogP contribution in [0.5, 0.6) is 23.3 Å². The number of nitro benzene ring substituents is 2. The minimum Gasteiger partial charge on any atom is -0.479 e. The quantitative estimate of drug-likeness (QED) is 0.0202. The van der Waals surface area contributed by atoms with Gasteiger partial charge in [-0.15, -0.1) is 0 Å². The van der Waals surface area contributed by atoms with Crippen LogP contribution in [-0.4, -0.2) is 180 Å². The zero-order valence-corrected chi connectivity index (χ0v) is 54.2. The molecule has 37 nitrogen and oxygen atoms in total. The van der Waals surface area contributed by atoms with Crippen LogP contribution in [0.4, 0.5) is 23.3 Å². The topological polar surface area (TPSA) is 522 Å². The molecule has 0 spiro atoms. The van der Waals surface area contributed by atoms with E-state index in [9.17, 15) is 69.4 Å². The monoisotopic (exact) mass is 1360 g/mol. The molecule has 4 aromatic heterocycles. The van der Waals surface area contributed by atoms with Gasteiger partial charge in [0.2, 0.25) is 23.7 Å². The number of fused-ring (bicyclic) bond motifs is 2. The molecule has 2 aromatic carbocycles. The zero-order valence-electron chi connectivity index (χ0n) is 51.7. The molecule has 0 aliphatic carbocycles. The van der Waals surface area contributed by atoms with E-state index in [2.05, 4.69) is 40.1 Å². The standard InChI is InChI=1S/C26H36N7O11P.C14H21N2O7P.C12H17N5O5.Ar/c1-14(22(35)41-12-25(2,3)4)31-45(39,44-16-9-7-15(8-10-16)33(37)38)42-11-17-19(34)26(5,36)23(43-17)32-13-28-18-20(32)29-24(27)30-21(18)40-6;1-10(13(17)22-9-14(2,3)4)15-24(20,21)23-12-7-5-11(6-8-12)16(18)19;1-12(20)7(19)5(3-18)22-10(12)17-4-14-6-8(17)15-11(13)16-9(6)21-2;/h7-10,13-14,17,19,23,34,36H,11-12H2,1-6H3,(H,31,39)(H2,27,29,30);5-8,10H,9H2,1-4H3,(H2,15,20,21);4-5,7,10,18-20H,3H2,1-2H3,(H2,13,15,16);/t14-,17+,19+,23+,26+,45?;10-;5-,7-,10-,12-;/m001./s1. The molecule has 12 atom stereocenters. The maximum atomic E-state index is 14.0. The van der Waals surface area contributed by atoms with Crippen molar-refractivity contribution in [3.63, 3.8) is 0 Å². The summed E-state index contributed by atoms with van der Waals surface area (Å²) in [5, 5.41) is 78.4. The molecule has 40 heteroatoms. The van der Waals surface area contributed by atoms with Gasteiger partial charge >= 0.3 is 27.4 Å². The Bertz CT molecular complexity index is 3650. The van der Waals surface area contributed by atoms with Crippen molar-refractivity contribution in [1.29, 1.82) is 0 Å². The number of nitrogens with one attached hydrogen (secondary N) is 2. The number of non-ortho nitro benzene ring substituents is 2. The summed E-state index contributed by atoms with van der Waals surface area (Å²) >= 11 is 0. The Labute approximate surface area is 554 Å². The molecular weight excluding hydrogens is 1290 g/mol. The predicted molar refractivity (Wildman–Crippen MR) is 318 cm³/mol. The Balaban J connectivity index is 0.000000275. The van der Waals surface area contributed by atoms with E-state index >= 15 is 0 Å². The molecule has 0 amide bonds. The molecule has 8 rings (SSSR count). The molecule has 2 aliphatic heterocycles. The van der Waals surface area contributed by atoms with E-state index in [0.717, 1.165) is 24.3 Å². The Hall–Kier alpha value is -6.64. The summed E-state index contributed by atoms with van der Waals surface area (Å²) < 4.78 is 76.9. The van der Waals surface area contributed by atoms with E-state index in [1.165, 1.54) is 88.0 Å². The molecule has 2 fully saturated rings. The van der Waals surface area contributed by atoms with Crippen molar-refractivity contribution in [2.45, 2.75) is 129 Å². The number of nitrogen functional groups attached to an aromatic ring is 2. The summed E-state index contributed by atoms with van der Waals surface area (Å²) in [5.74, 6) is -1.45. The molecule has 2 aliphatic rings.